The van der Waals surface area contributed by atoms with Crippen molar-refractivity contribution < 1.29 is 9.53 Å². The first-order chi connectivity index (χ1) is 6.77. The third kappa shape index (κ3) is 2.87. The summed E-state index contributed by atoms with van der Waals surface area (Å²) in [6.07, 6.45) is 2.50. The number of carbonyl (C=O) groups excluding carboxylic acids is 1. The van der Waals surface area contributed by atoms with Crippen molar-refractivity contribution in [3.05, 3.63) is 35.4 Å². The third-order valence-corrected chi connectivity index (χ3v) is 2.20. The zero-order chi connectivity index (χ0) is 10.4. The smallest absolute Gasteiger partial charge is 0.309 e. The Morgan fingerprint density at radius 2 is 1.93 bits per heavy atom. The Bertz CT molecular complexity index is 305. The van der Waals surface area contributed by atoms with Gasteiger partial charge in [-0.25, -0.2) is 0 Å². The minimum Gasteiger partial charge on any atom is -0.469 e. The van der Waals surface area contributed by atoms with Crippen LogP contribution in [-0.4, -0.2) is 13.1 Å². The van der Waals surface area contributed by atoms with Gasteiger partial charge in [0.1, 0.15) is 0 Å². The fourth-order valence-corrected chi connectivity index (χ4v) is 1.47. The minimum absolute atomic E-state index is 0.173. The average Bonchev–Trinajstić information content (AvgIpc) is 2.21. The van der Waals surface area contributed by atoms with Crippen LogP contribution in [-0.2, 0) is 22.4 Å². The molecule has 0 aliphatic heterocycles. The highest BCUT2D eigenvalue weighted by Gasteiger charge is 2.06. The van der Waals surface area contributed by atoms with Gasteiger partial charge in [-0.05, 0) is 17.5 Å². The van der Waals surface area contributed by atoms with Gasteiger partial charge in [-0.3, -0.25) is 4.79 Å². The largest absolute Gasteiger partial charge is 0.469 e. The number of hydrogen-bond acceptors (Lipinski definition) is 2. The van der Waals surface area contributed by atoms with Crippen molar-refractivity contribution in [3.63, 3.8) is 0 Å². The lowest BCUT2D eigenvalue weighted by Gasteiger charge is -2.06. The molecule has 0 atom stereocenters. The van der Waals surface area contributed by atoms with E-state index < -0.39 is 0 Å². The molecule has 2 nitrogen and oxygen atoms in total. The predicted molar refractivity (Wildman–Crippen MR) is 56.2 cm³/mol. The quantitative estimate of drug-likeness (QED) is 0.684. The fourth-order valence-electron chi connectivity index (χ4n) is 1.47. The van der Waals surface area contributed by atoms with Gasteiger partial charge in [-0.15, -0.1) is 0 Å². The molecule has 1 aromatic carbocycles. The Labute approximate surface area is 84.9 Å². The summed E-state index contributed by atoms with van der Waals surface area (Å²) < 4.78 is 4.65. The van der Waals surface area contributed by atoms with Crippen LogP contribution in [0.1, 0.15) is 24.5 Å². The normalized spacial score (nSPS) is 9.86. The maximum Gasteiger partial charge on any atom is 0.309 e. The van der Waals surface area contributed by atoms with Gasteiger partial charge in [-0.2, -0.15) is 0 Å². The van der Waals surface area contributed by atoms with Gasteiger partial charge in [0.2, 0.25) is 0 Å². The second-order valence-corrected chi connectivity index (χ2v) is 3.27. The molecule has 0 aromatic heterocycles. The maximum atomic E-state index is 11.1. The SMILES string of the molecule is CCCc1ccccc1CC(=O)OC. The van der Waals surface area contributed by atoms with Crippen LogP contribution in [0.15, 0.2) is 24.3 Å². The van der Waals surface area contributed by atoms with Crippen LogP contribution < -0.4 is 0 Å². The lowest BCUT2D eigenvalue weighted by Crippen LogP contribution is -2.06. The molecule has 0 fully saturated rings. The molecule has 0 saturated carbocycles. The second-order valence-electron chi connectivity index (χ2n) is 3.27. The van der Waals surface area contributed by atoms with Crippen LogP contribution in [0.2, 0.25) is 0 Å². The first kappa shape index (κ1) is 10.8. The molecule has 0 aliphatic rings. The van der Waals surface area contributed by atoms with E-state index in [4.69, 9.17) is 0 Å². The van der Waals surface area contributed by atoms with E-state index in [1.54, 1.807) is 0 Å². The van der Waals surface area contributed by atoms with Gasteiger partial charge in [0.15, 0.2) is 0 Å². The van der Waals surface area contributed by atoms with E-state index in [2.05, 4.69) is 17.7 Å². The van der Waals surface area contributed by atoms with E-state index in [1.807, 2.05) is 18.2 Å². The molecule has 76 valence electrons. The summed E-state index contributed by atoms with van der Waals surface area (Å²) in [4.78, 5) is 11.1. The van der Waals surface area contributed by atoms with Crippen molar-refractivity contribution in [2.75, 3.05) is 7.11 Å². The molecule has 0 saturated heterocycles. The number of rotatable bonds is 4. The van der Waals surface area contributed by atoms with Crippen LogP contribution >= 0.6 is 0 Å². The summed E-state index contributed by atoms with van der Waals surface area (Å²) in [6, 6.07) is 8.02. The highest BCUT2D eigenvalue weighted by atomic mass is 16.5. The number of benzene rings is 1. The highest BCUT2D eigenvalue weighted by molar-refractivity contribution is 5.72. The van der Waals surface area contributed by atoms with Gasteiger partial charge in [0.05, 0.1) is 13.5 Å². The Balaban J connectivity index is 2.78. The van der Waals surface area contributed by atoms with Crippen LogP contribution in [0.4, 0.5) is 0 Å². The Kier molecular flexibility index (Phi) is 4.17. The number of carbonyl (C=O) groups is 1. The van der Waals surface area contributed by atoms with Crippen molar-refractivity contribution in [3.8, 4) is 0 Å². The van der Waals surface area contributed by atoms with Crippen molar-refractivity contribution in [1.82, 2.24) is 0 Å². The van der Waals surface area contributed by atoms with Crippen LogP contribution in [0, 0.1) is 0 Å². The summed E-state index contributed by atoms with van der Waals surface area (Å²) in [6.45, 7) is 2.13. The van der Waals surface area contributed by atoms with Gasteiger partial charge in [-0.1, -0.05) is 37.6 Å². The number of hydrogen-bond donors (Lipinski definition) is 0. The summed E-state index contributed by atoms with van der Waals surface area (Å²) in [5.74, 6) is -0.173. The molecule has 1 rings (SSSR count). The number of esters is 1. The summed E-state index contributed by atoms with van der Waals surface area (Å²) in [5, 5.41) is 0. The topological polar surface area (TPSA) is 26.3 Å². The molecule has 1 aromatic rings. The van der Waals surface area contributed by atoms with Crippen LogP contribution in [0.5, 0.6) is 0 Å². The fraction of sp³-hybridized carbons (Fsp3) is 0.417. The molecule has 2 heteroatoms. The van der Waals surface area contributed by atoms with Gasteiger partial charge in [0.25, 0.3) is 0 Å². The molecule has 0 aliphatic carbocycles. The zero-order valence-electron chi connectivity index (χ0n) is 8.75. The molecule has 0 amide bonds. The molecule has 0 spiro atoms. The van der Waals surface area contributed by atoms with Crippen LogP contribution in [0.25, 0.3) is 0 Å². The van der Waals surface area contributed by atoms with E-state index in [1.165, 1.54) is 12.7 Å². The van der Waals surface area contributed by atoms with Gasteiger partial charge in [0, 0.05) is 0 Å². The monoisotopic (exact) mass is 192 g/mol. The lowest BCUT2D eigenvalue weighted by molar-refractivity contribution is -0.139. The van der Waals surface area contributed by atoms with E-state index in [0.717, 1.165) is 18.4 Å². The maximum absolute atomic E-state index is 11.1. The highest BCUT2D eigenvalue weighted by Crippen LogP contribution is 2.12. The van der Waals surface area contributed by atoms with Gasteiger partial charge < -0.3 is 4.74 Å². The lowest BCUT2D eigenvalue weighted by atomic mass is 10.0. The third-order valence-electron chi connectivity index (χ3n) is 2.20. The van der Waals surface area contributed by atoms with Gasteiger partial charge >= 0.3 is 5.97 Å². The molecule has 0 bridgehead atoms. The average molecular weight is 192 g/mol. The number of aryl methyl sites for hydroxylation is 1. The number of ether oxygens (including phenoxy) is 1. The Morgan fingerprint density at radius 1 is 1.29 bits per heavy atom. The van der Waals surface area contributed by atoms with E-state index in [0.29, 0.717) is 6.42 Å². The minimum atomic E-state index is -0.173. The molecule has 14 heavy (non-hydrogen) atoms. The summed E-state index contributed by atoms with van der Waals surface area (Å²) in [5.41, 5.74) is 2.33. The van der Waals surface area contributed by atoms with Crippen molar-refractivity contribution in [2.45, 2.75) is 26.2 Å². The summed E-state index contributed by atoms with van der Waals surface area (Å²) in [7, 11) is 1.42. The van der Waals surface area contributed by atoms with Crippen molar-refractivity contribution in [1.29, 1.82) is 0 Å². The van der Waals surface area contributed by atoms with Crippen molar-refractivity contribution in [2.24, 2.45) is 0 Å². The molecule has 0 unspecified atom stereocenters. The molecule has 0 radical (unpaired) electrons. The molecular weight excluding hydrogens is 176 g/mol. The standard InChI is InChI=1S/C12H16O2/c1-3-6-10-7-4-5-8-11(10)9-12(13)14-2/h4-5,7-8H,3,6,9H2,1-2H3. The van der Waals surface area contributed by atoms with Crippen molar-refractivity contribution >= 4 is 5.97 Å². The Morgan fingerprint density at radius 3 is 2.50 bits per heavy atom. The second kappa shape index (κ2) is 5.43. The predicted octanol–water partition coefficient (Wildman–Crippen LogP) is 2.35. The molecule has 0 heterocycles. The Hall–Kier alpha value is -1.31. The van der Waals surface area contributed by atoms with E-state index in [9.17, 15) is 4.79 Å². The first-order valence-electron chi connectivity index (χ1n) is 4.91. The number of methoxy groups -OCH3 is 1. The van der Waals surface area contributed by atoms with E-state index in [-0.39, 0.29) is 5.97 Å². The zero-order valence-corrected chi connectivity index (χ0v) is 8.75. The molecular formula is C12H16O2. The first-order valence-corrected chi connectivity index (χ1v) is 4.91. The van der Waals surface area contributed by atoms with E-state index >= 15 is 0 Å². The van der Waals surface area contributed by atoms with Crippen LogP contribution in [0.3, 0.4) is 0 Å². The molecule has 0 N–H and O–H groups in total. The summed E-state index contributed by atoms with van der Waals surface area (Å²) >= 11 is 0.